The number of benzene rings is 2. The SMILES string of the molecule is COc1ccc(-c2nc3c(c(N4CCc5cc(CC(=O)O)ccc54)n2)CS(=O)(=O)C3)cc1Cl. The number of sulfone groups is 1. The van der Waals surface area contributed by atoms with Crippen LogP contribution in [0.15, 0.2) is 36.4 Å². The van der Waals surface area contributed by atoms with Crippen LogP contribution in [0.4, 0.5) is 11.5 Å². The van der Waals surface area contributed by atoms with E-state index in [0.29, 0.717) is 52.2 Å². The Morgan fingerprint density at radius 1 is 1.18 bits per heavy atom. The van der Waals surface area contributed by atoms with Crippen molar-refractivity contribution in [2.75, 3.05) is 18.6 Å². The number of halogens is 1. The molecule has 0 saturated heterocycles. The smallest absolute Gasteiger partial charge is 0.307 e. The molecule has 0 bridgehead atoms. The number of aromatic nitrogens is 2. The molecule has 0 unspecified atom stereocenters. The van der Waals surface area contributed by atoms with Crippen LogP contribution in [0.1, 0.15) is 22.4 Å². The van der Waals surface area contributed by atoms with Crippen molar-refractivity contribution in [1.29, 1.82) is 0 Å². The molecule has 1 N–H and O–H groups in total. The van der Waals surface area contributed by atoms with Crippen molar-refractivity contribution in [2.24, 2.45) is 0 Å². The number of carbonyl (C=O) groups is 1. The second-order valence-electron chi connectivity index (χ2n) is 8.11. The quantitative estimate of drug-likeness (QED) is 0.584. The van der Waals surface area contributed by atoms with Crippen LogP contribution < -0.4 is 9.64 Å². The fourth-order valence-corrected chi connectivity index (χ4v) is 6.13. The zero-order chi connectivity index (χ0) is 23.3. The second kappa shape index (κ2) is 8.00. The van der Waals surface area contributed by atoms with Gasteiger partial charge in [-0.2, -0.15) is 0 Å². The van der Waals surface area contributed by atoms with E-state index in [0.717, 1.165) is 16.8 Å². The highest BCUT2D eigenvalue weighted by atomic mass is 35.5. The Bertz CT molecular complexity index is 1410. The number of nitrogens with zero attached hydrogens (tertiary/aromatic N) is 3. The molecular formula is C23H20ClN3O5S. The van der Waals surface area contributed by atoms with Crippen molar-refractivity contribution in [2.45, 2.75) is 24.3 Å². The number of anilines is 2. The highest BCUT2D eigenvalue weighted by Crippen LogP contribution is 2.41. The van der Waals surface area contributed by atoms with Gasteiger partial charge in [-0.15, -0.1) is 0 Å². The second-order valence-corrected chi connectivity index (χ2v) is 10.6. The average Bonchev–Trinajstić information content (AvgIpc) is 3.31. The van der Waals surface area contributed by atoms with Crippen LogP contribution in [0.5, 0.6) is 5.75 Å². The first-order valence-electron chi connectivity index (χ1n) is 10.3. The molecule has 0 atom stereocenters. The minimum atomic E-state index is -3.31. The van der Waals surface area contributed by atoms with Gasteiger partial charge < -0.3 is 14.7 Å². The summed E-state index contributed by atoms with van der Waals surface area (Å²) in [6.07, 6.45) is 0.662. The zero-order valence-corrected chi connectivity index (χ0v) is 19.3. The fourth-order valence-electron chi connectivity index (χ4n) is 4.38. The monoisotopic (exact) mass is 485 g/mol. The minimum Gasteiger partial charge on any atom is -0.495 e. The summed E-state index contributed by atoms with van der Waals surface area (Å²) >= 11 is 6.30. The first-order chi connectivity index (χ1) is 15.7. The number of hydrogen-bond donors (Lipinski definition) is 1. The molecule has 3 aromatic rings. The topological polar surface area (TPSA) is 110 Å². The van der Waals surface area contributed by atoms with Gasteiger partial charge >= 0.3 is 5.97 Å². The third kappa shape index (κ3) is 4.02. The molecule has 1 aromatic heterocycles. The number of ether oxygens (including phenoxy) is 1. The van der Waals surface area contributed by atoms with Gasteiger partial charge in [0.15, 0.2) is 15.7 Å². The van der Waals surface area contributed by atoms with Gasteiger partial charge in [0.2, 0.25) is 0 Å². The molecule has 0 spiro atoms. The Morgan fingerprint density at radius 2 is 2.00 bits per heavy atom. The molecule has 3 heterocycles. The van der Waals surface area contributed by atoms with Gasteiger partial charge in [-0.05, 0) is 41.8 Å². The van der Waals surface area contributed by atoms with Crippen LogP contribution >= 0.6 is 11.6 Å². The number of fused-ring (bicyclic) bond motifs is 2. The van der Waals surface area contributed by atoms with Crippen molar-refractivity contribution in [3.63, 3.8) is 0 Å². The van der Waals surface area contributed by atoms with E-state index >= 15 is 0 Å². The van der Waals surface area contributed by atoms with Crippen molar-refractivity contribution in [3.05, 3.63) is 63.8 Å². The van der Waals surface area contributed by atoms with Crippen LogP contribution in [0.25, 0.3) is 11.4 Å². The average molecular weight is 486 g/mol. The van der Waals surface area contributed by atoms with Gasteiger partial charge in [0.1, 0.15) is 11.6 Å². The molecule has 5 rings (SSSR count). The van der Waals surface area contributed by atoms with Crippen molar-refractivity contribution >= 4 is 38.9 Å². The lowest BCUT2D eigenvalue weighted by Gasteiger charge is -2.22. The molecule has 170 valence electrons. The summed E-state index contributed by atoms with van der Waals surface area (Å²) < 4.78 is 30.1. The van der Waals surface area contributed by atoms with Gasteiger partial charge in [0.05, 0.1) is 35.8 Å². The third-order valence-electron chi connectivity index (χ3n) is 5.85. The zero-order valence-electron chi connectivity index (χ0n) is 17.7. The van der Waals surface area contributed by atoms with Crippen molar-refractivity contribution in [3.8, 4) is 17.1 Å². The fraction of sp³-hybridized carbons (Fsp3) is 0.261. The van der Waals surface area contributed by atoms with Crippen LogP contribution in [-0.2, 0) is 39.0 Å². The first-order valence-corrected chi connectivity index (χ1v) is 12.5. The largest absolute Gasteiger partial charge is 0.495 e. The van der Waals surface area contributed by atoms with Gasteiger partial charge in [-0.25, -0.2) is 18.4 Å². The van der Waals surface area contributed by atoms with Crippen LogP contribution in [-0.4, -0.2) is 43.1 Å². The van der Waals surface area contributed by atoms with E-state index in [2.05, 4.69) is 4.98 Å². The Hall–Kier alpha value is -3.17. The minimum absolute atomic E-state index is 0.0448. The van der Waals surface area contributed by atoms with E-state index in [4.69, 9.17) is 26.4 Å². The van der Waals surface area contributed by atoms with E-state index < -0.39 is 15.8 Å². The normalized spacial score (nSPS) is 15.9. The molecule has 0 amide bonds. The molecular weight excluding hydrogens is 466 g/mol. The van der Waals surface area contributed by atoms with Crippen LogP contribution in [0.3, 0.4) is 0 Å². The van der Waals surface area contributed by atoms with E-state index in [1.807, 2.05) is 17.0 Å². The lowest BCUT2D eigenvalue weighted by molar-refractivity contribution is -0.136. The highest BCUT2D eigenvalue weighted by molar-refractivity contribution is 7.90. The third-order valence-corrected chi connectivity index (χ3v) is 7.59. The highest BCUT2D eigenvalue weighted by Gasteiger charge is 2.34. The molecule has 33 heavy (non-hydrogen) atoms. The van der Waals surface area contributed by atoms with Gasteiger partial charge in [-0.3, -0.25) is 4.79 Å². The Balaban J connectivity index is 1.62. The maximum atomic E-state index is 12.5. The predicted molar refractivity (Wildman–Crippen MR) is 124 cm³/mol. The molecule has 0 radical (unpaired) electrons. The molecule has 8 nitrogen and oxygen atoms in total. The number of carboxylic acids is 1. The summed E-state index contributed by atoms with van der Waals surface area (Å²) in [6, 6.07) is 10.8. The Morgan fingerprint density at radius 3 is 2.73 bits per heavy atom. The number of rotatable bonds is 5. The van der Waals surface area contributed by atoms with Gasteiger partial charge in [-0.1, -0.05) is 23.7 Å². The maximum absolute atomic E-state index is 12.5. The standard InChI is InChI=1S/C23H20ClN3O5S/c1-32-20-5-3-15(10-17(20)24)22-25-18-12-33(30,31)11-16(18)23(26-22)27-7-6-14-8-13(9-21(28)29)2-4-19(14)27/h2-5,8,10H,6-7,9,11-12H2,1H3,(H,28,29). The molecule has 0 saturated carbocycles. The summed E-state index contributed by atoms with van der Waals surface area (Å²) in [7, 11) is -1.78. The summed E-state index contributed by atoms with van der Waals surface area (Å²) in [5, 5.41) is 9.50. The van der Waals surface area contributed by atoms with E-state index in [-0.39, 0.29) is 17.9 Å². The molecule has 2 aromatic carbocycles. The van der Waals surface area contributed by atoms with Gasteiger partial charge in [0.25, 0.3) is 0 Å². The first kappa shape index (κ1) is 21.7. The lowest BCUT2D eigenvalue weighted by Crippen LogP contribution is -2.18. The number of hydrogen-bond acceptors (Lipinski definition) is 7. The number of methoxy groups -OCH3 is 1. The number of aliphatic carboxylic acids is 1. The Labute approximate surface area is 195 Å². The molecule has 2 aliphatic rings. The summed E-state index contributed by atoms with van der Waals surface area (Å²) in [4.78, 5) is 22.4. The molecule has 0 fully saturated rings. The molecule has 0 aliphatic carbocycles. The van der Waals surface area contributed by atoms with E-state index in [1.54, 1.807) is 24.3 Å². The van der Waals surface area contributed by atoms with Crippen molar-refractivity contribution < 1.29 is 23.1 Å². The maximum Gasteiger partial charge on any atom is 0.307 e. The lowest BCUT2D eigenvalue weighted by atomic mass is 10.1. The van der Waals surface area contributed by atoms with E-state index in [1.165, 1.54) is 7.11 Å². The summed E-state index contributed by atoms with van der Waals surface area (Å²) in [5.74, 6) is 0.354. The van der Waals surface area contributed by atoms with E-state index in [9.17, 15) is 13.2 Å². The summed E-state index contributed by atoms with van der Waals surface area (Å²) in [6.45, 7) is 0.609. The molecule has 10 heteroatoms. The molecule has 2 aliphatic heterocycles. The van der Waals surface area contributed by atoms with Crippen molar-refractivity contribution in [1.82, 2.24) is 9.97 Å². The summed E-state index contributed by atoms with van der Waals surface area (Å²) in [5.41, 5.74) is 4.40. The number of carboxylic acid groups (broad SMARTS) is 1. The van der Waals surface area contributed by atoms with Crippen LogP contribution in [0, 0.1) is 0 Å². The predicted octanol–water partition coefficient (Wildman–Crippen LogP) is 3.56. The Kier molecular flexibility index (Phi) is 5.25. The van der Waals surface area contributed by atoms with Crippen LogP contribution in [0.2, 0.25) is 5.02 Å². The van der Waals surface area contributed by atoms with Gasteiger partial charge in [0, 0.05) is 23.4 Å².